The van der Waals surface area contributed by atoms with Gasteiger partial charge in [0.1, 0.15) is 11.9 Å². The van der Waals surface area contributed by atoms with Crippen molar-refractivity contribution in [2.45, 2.75) is 57.0 Å². The van der Waals surface area contributed by atoms with Gasteiger partial charge in [-0.15, -0.1) is 11.8 Å². The molecule has 1 N–H and O–H groups in total. The maximum absolute atomic E-state index is 14.0. The van der Waals surface area contributed by atoms with Crippen LogP contribution in [-0.4, -0.2) is 34.6 Å². The number of nitrogens with one attached hydrogen (secondary N) is 1. The topological polar surface area (TPSA) is 49.4 Å². The van der Waals surface area contributed by atoms with E-state index in [4.69, 9.17) is 11.6 Å². The molecule has 31 heavy (non-hydrogen) atoms. The second-order valence-electron chi connectivity index (χ2n) is 7.87. The first-order chi connectivity index (χ1) is 15.0. The summed E-state index contributed by atoms with van der Waals surface area (Å²) < 4.78 is 14.0. The highest BCUT2D eigenvalue weighted by molar-refractivity contribution is 7.99. The van der Waals surface area contributed by atoms with Gasteiger partial charge in [-0.3, -0.25) is 9.59 Å². The summed E-state index contributed by atoms with van der Waals surface area (Å²) in [5.74, 6) is -0.232. The van der Waals surface area contributed by atoms with E-state index in [9.17, 15) is 14.0 Å². The van der Waals surface area contributed by atoms with Gasteiger partial charge in [0.05, 0.1) is 5.75 Å². The van der Waals surface area contributed by atoms with Gasteiger partial charge in [0.2, 0.25) is 11.8 Å². The number of carbonyl (C=O) groups is 2. The summed E-state index contributed by atoms with van der Waals surface area (Å²) in [5.41, 5.74) is 1.35. The molecule has 1 saturated carbocycles. The number of amides is 2. The molecule has 1 aliphatic carbocycles. The molecule has 3 rings (SSSR count). The molecule has 1 atom stereocenters. The zero-order valence-electron chi connectivity index (χ0n) is 17.7. The van der Waals surface area contributed by atoms with Gasteiger partial charge < -0.3 is 10.2 Å². The van der Waals surface area contributed by atoms with Gasteiger partial charge in [-0.2, -0.15) is 0 Å². The van der Waals surface area contributed by atoms with Gasteiger partial charge in [0, 0.05) is 28.9 Å². The van der Waals surface area contributed by atoms with Crippen molar-refractivity contribution in [1.82, 2.24) is 10.2 Å². The fourth-order valence-electron chi connectivity index (χ4n) is 3.75. The molecular formula is C24H28ClFN2O2S. The van der Waals surface area contributed by atoms with Gasteiger partial charge in [-0.25, -0.2) is 4.39 Å². The number of rotatable bonds is 9. The Hall–Kier alpha value is -2.05. The molecule has 0 radical (unpaired) electrons. The van der Waals surface area contributed by atoms with Crippen molar-refractivity contribution in [2.75, 3.05) is 5.75 Å². The average Bonchev–Trinajstić information content (AvgIpc) is 3.27. The third-order valence-corrected chi connectivity index (χ3v) is 6.90. The van der Waals surface area contributed by atoms with Crippen molar-refractivity contribution in [2.24, 2.45) is 0 Å². The Morgan fingerprint density at radius 2 is 1.87 bits per heavy atom. The Labute approximate surface area is 192 Å². The summed E-state index contributed by atoms with van der Waals surface area (Å²) in [6.07, 6.45) is 4.23. The van der Waals surface area contributed by atoms with Crippen molar-refractivity contribution in [3.8, 4) is 0 Å². The molecule has 7 heteroatoms. The van der Waals surface area contributed by atoms with Crippen LogP contribution in [0.25, 0.3) is 0 Å². The lowest BCUT2D eigenvalue weighted by molar-refractivity contribution is -0.138. The van der Waals surface area contributed by atoms with Gasteiger partial charge in [0.25, 0.3) is 0 Å². The Morgan fingerprint density at radius 3 is 2.55 bits per heavy atom. The summed E-state index contributed by atoms with van der Waals surface area (Å²) in [5, 5.41) is 3.44. The van der Waals surface area contributed by atoms with Crippen LogP contribution < -0.4 is 5.32 Å². The molecule has 0 heterocycles. The fraction of sp³-hybridized carbons (Fsp3) is 0.417. The summed E-state index contributed by atoms with van der Waals surface area (Å²) in [6.45, 7) is 2.11. The first kappa shape index (κ1) is 23.6. The van der Waals surface area contributed by atoms with E-state index in [1.165, 1.54) is 17.8 Å². The van der Waals surface area contributed by atoms with E-state index in [0.717, 1.165) is 31.2 Å². The molecule has 166 valence electrons. The first-order valence-corrected chi connectivity index (χ1v) is 12.1. The van der Waals surface area contributed by atoms with Crippen molar-refractivity contribution in [1.29, 1.82) is 0 Å². The van der Waals surface area contributed by atoms with Gasteiger partial charge in [0.15, 0.2) is 0 Å². The molecule has 1 unspecified atom stereocenters. The normalized spacial score (nSPS) is 14.9. The Morgan fingerprint density at radius 1 is 1.16 bits per heavy atom. The van der Waals surface area contributed by atoms with Crippen molar-refractivity contribution >= 4 is 35.2 Å². The minimum atomic E-state index is -0.592. The molecule has 2 aromatic carbocycles. The molecule has 0 aliphatic heterocycles. The van der Waals surface area contributed by atoms with Crippen LogP contribution in [0.1, 0.15) is 43.7 Å². The van der Waals surface area contributed by atoms with Gasteiger partial charge >= 0.3 is 0 Å². The predicted octanol–water partition coefficient (Wildman–Crippen LogP) is 5.19. The van der Waals surface area contributed by atoms with E-state index in [1.807, 2.05) is 30.3 Å². The predicted molar refractivity (Wildman–Crippen MR) is 124 cm³/mol. The lowest BCUT2D eigenvalue weighted by Gasteiger charge is -2.29. The van der Waals surface area contributed by atoms with Crippen LogP contribution in [-0.2, 0) is 21.9 Å². The van der Waals surface area contributed by atoms with Crippen molar-refractivity contribution < 1.29 is 14.0 Å². The summed E-state index contributed by atoms with van der Waals surface area (Å²) in [6, 6.07) is 13.8. The highest BCUT2D eigenvalue weighted by Gasteiger charge is 2.28. The zero-order chi connectivity index (χ0) is 22.2. The lowest BCUT2D eigenvalue weighted by Crippen LogP contribution is -2.50. The van der Waals surface area contributed by atoms with E-state index in [-0.39, 0.29) is 29.4 Å². The quantitative estimate of drug-likeness (QED) is 0.558. The molecule has 0 saturated heterocycles. The van der Waals surface area contributed by atoms with Crippen LogP contribution in [0.4, 0.5) is 4.39 Å². The summed E-state index contributed by atoms with van der Waals surface area (Å²) in [4.78, 5) is 27.5. The first-order valence-electron chi connectivity index (χ1n) is 10.6. The second kappa shape index (κ2) is 11.5. The molecule has 2 amide bonds. The van der Waals surface area contributed by atoms with E-state index in [2.05, 4.69) is 5.32 Å². The minimum absolute atomic E-state index is 0.127. The number of benzene rings is 2. The number of halogens is 2. The number of hydrogen-bond donors (Lipinski definition) is 1. The molecule has 1 fully saturated rings. The van der Waals surface area contributed by atoms with Crippen LogP contribution in [0.2, 0.25) is 5.02 Å². The number of nitrogens with zero attached hydrogens (tertiary/aromatic N) is 1. The summed E-state index contributed by atoms with van der Waals surface area (Å²) in [7, 11) is 0. The van der Waals surface area contributed by atoms with Crippen molar-refractivity contribution in [3.05, 3.63) is 70.5 Å². The SMILES string of the molecule is CC(C(=O)NC1CCCC1)N(Cc1ccccc1)C(=O)CSCc1c(F)cccc1Cl. The second-order valence-corrected chi connectivity index (χ2v) is 9.26. The van der Waals surface area contributed by atoms with E-state index >= 15 is 0 Å². The van der Waals surface area contributed by atoms with Crippen molar-refractivity contribution in [3.63, 3.8) is 0 Å². The van der Waals surface area contributed by atoms with Crippen LogP contribution in [0, 0.1) is 5.82 Å². The van der Waals surface area contributed by atoms with Crippen LogP contribution in [0.5, 0.6) is 0 Å². The molecular weight excluding hydrogens is 435 g/mol. The standard InChI is InChI=1S/C24H28ClFN2O2S/c1-17(24(30)27-19-10-5-6-11-19)28(14-18-8-3-2-4-9-18)23(29)16-31-15-20-21(25)12-7-13-22(20)26/h2-4,7-9,12-13,17,19H,5-6,10-11,14-16H2,1H3,(H,27,30). The monoisotopic (exact) mass is 462 g/mol. The maximum atomic E-state index is 14.0. The Bertz CT molecular complexity index is 870. The molecule has 0 aromatic heterocycles. The number of thioether (sulfide) groups is 1. The smallest absolute Gasteiger partial charge is 0.242 e. The van der Waals surface area contributed by atoms with E-state index in [1.54, 1.807) is 24.0 Å². The molecule has 0 bridgehead atoms. The highest BCUT2D eigenvalue weighted by atomic mass is 35.5. The molecule has 1 aliphatic rings. The lowest BCUT2D eigenvalue weighted by atomic mass is 10.1. The minimum Gasteiger partial charge on any atom is -0.352 e. The highest BCUT2D eigenvalue weighted by Crippen LogP contribution is 2.24. The Kier molecular flexibility index (Phi) is 8.79. The molecule has 0 spiro atoms. The fourth-order valence-corrected chi connectivity index (χ4v) is 5.00. The summed E-state index contributed by atoms with van der Waals surface area (Å²) >= 11 is 7.38. The van der Waals surface area contributed by atoms with Crippen LogP contribution >= 0.6 is 23.4 Å². The molecule has 4 nitrogen and oxygen atoms in total. The zero-order valence-corrected chi connectivity index (χ0v) is 19.2. The average molecular weight is 463 g/mol. The number of carbonyl (C=O) groups excluding carboxylic acids is 2. The van der Waals surface area contributed by atoms with E-state index < -0.39 is 6.04 Å². The maximum Gasteiger partial charge on any atom is 0.242 e. The van der Waals surface area contributed by atoms with Crippen LogP contribution in [0.15, 0.2) is 48.5 Å². The largest absolute Gasteiger partial charge is 0.352 e. The van der Waals surface area contributed by atoms with Gasteiger partial charge in [-0.1, -0.05) is 60.8 Å². The third kappa shape index (κ3) is 6.71. The van der Waals surface area contributed by atoms with E-state index in [0.29, 0.717) is 22.9 Å². The third-order valence-electron chi connectivity index (χ3n) is 5.60. The number of hydrogen-bond acceptors (Lipinski definition) is 3. The van der Waals surface area contributed by atoms with Gasteiger partial charge in [-0.05, 0) is 37.5 Å². The van der Waals surface area contributed by atoms with Crippen LogP contribution in [0.3, 0.4) is 0 Å². The Balaban J connectivity index is 1.65. The molecule has 2 aromatic rings.